The molecular formula is C21H38N4. The lowest BCUT2D eigenvalue weighted by atomic mass is 9.75. The fraction of sp³-hybridized carbons (Fsp3) is 0.952. The van der Waals surface area contributed by atoms with Gasteiger partial charge in [-0.05, 0) is 58.5 Å². The zero-order valence-electron chi connectivity index (χ0n) is 16.4. The van der Waals surface area contributed by atoms with Crippen LogP contribution in [0, 0.1) is 5.92 Å². The summed E-state index contributed by atoms with van der Waals surface area (Å²) in [6.45, 7) is 1.26. The van der Waals surface area contributed by atoms with Crippen molar-refractivity contribution in [3.05, 3.63) is 0 Å². The van der Waals surface area contributed by atoms with Gasteiger partial charge in [0.1, 0.15) is 0 Å². The first-order valence-corrected chi connectivity index (χ1v) is 11.0. The van der Waals surface area contributed by atoms with Crippen molar-refractivity contribution >= 4 is 5.84 Å². The van der Waals surface area contributed by atoms with Crippen LogP contribution in [0.25, 0.3) is 0 Å². The summed E-state index contributed by atoms with van der Waals surface area (Å²) in [5.74, 6) is 2.24. The van der Waals surface area contributed by atoms with Gasteiger partial charge in [-0.2, -0.15) is 0 Å². The zero-order valence-corrected chi connectivity index (χ0v) is 16.4. The van der Waals surface area contributed by atoms with Crippen LogP contribution in [0.3, 0.4) is 0 Å². The molecule has 1 N–H and O–H groups in total. The van der Waals surface area contributed by atoms with Gasteiger partial charge in [0, 0.05) is 25.0 Å². The highest BCUT2D eigenvalue weighted by atomic mass is 15.3. The molecule has 4 rings (SSSR count). The summed E-state index contributed by atoms with van der Waals surface area (Å²) in [4.78, 5) is 10.6. The van der Waals surface area contributed by atoms with E-state index in [2.05, 4.69) is 29.2 Å². The van der Waals surface area contributed by atoms with Crippen LogP contribution in [0.15, 0.2) is 4.99 Å². The Labute approximate surface area is 154 Å². The van der Waals surface area contributed by atoms with Crippen molar-refractivity contribution in [3.63, 3.8) is 0 Å². The molecule has 142 valence electrons. The van der Waals surface area contributed by atoms with Crippen LogP contribution >= 0.6 is 0 Å². The molecule has 0 aromatic rings. The van der Waals surface area contributed by atoms with Crippen molar-refractivity contribution in [1.29, 1.82) is 0 Å². The van der Waals surface area contributed by atoms with Crippen molar-refractivity contribution in [2.75, 3.05) is 20.6 Å². The van der Waals surface area contributed by atoms with Crippen molar-refractivity contribution < 1.29 is 0 Å². The second-order valence-corrected chi connectivity index (χ2v) is 9.14. The van der Waals surface area contributed by atoms with Crippen molar-refractivity contribution in [2.24, 2.45) is 10.9 Å². The molecule has 2 aliphatic heterocycles. The topological polar surface area (TPSA) is 30.9 Å². The Hall–Kier alpha value is -0.610. The van der Waals surface area contributed by atoms with Gasteiger partial charge in [0.25, 0.3) is 0 Å². The molecule has 0 radical (unpaired) electrons. The second-order valence-electron chi connectivity index (χ2n) is 9.14. The third-order valence-electron chi connectivity index (χ3n) is 7.27. The van der Waals surface area contributed by atoms with E-state index in [-0.39, 0.29) is 0 Å². The van der Waals surface area contributed by atoms with Crippen LogP contribution in [0.4, 0.5) is 0 Å². The highest BCUT2D eigenvalue weighted by Crippen LogP contribution is 2.36. The highest BCUT2D eigenvalue weighted by Gasteiger charge is 2.40. The molecule has 4 nitrogen and oxygen atoms in total. The predicted octanol–water partition coefficient (Wildman–Crippen LogP) is 3.62. The number of likely N-dealkylation sites (tertiary alicyclic amines) is 1. The molecule has 2 aliphatic carbocycles. The van der Waals surface area contributed by atoms with Gasteiger partial charge < -0.3 is 4.90 Å². The highest BCUT2D eigenvalue weighted by molar-refractivity contribution is 5.84. The number of rotatable bonds is 3. The van der Waals surface area contributed by atoms with Gasteiger partial charge in [0.05, 0.1) is 18.0 Å². The lowest BCUT2D eigenvalue weighted by molar-refractivity contribution is 0.0882. The van der Waals surface area contributed by atoms with E-state index in [9.17, 15) is 0 Å². The first-order chi connectivity index (χ1) is 12.2. The molecule has 0 bridgehead atoms. The standard InChI is InChI=1S/C21H38N4/c1-24(2)21-15-19(17-11-6-7-12-18(17)22-21)23-20-13-8-14-25(20)16-9-4-3-5-10-16/h16-19,21-22H,3-15H2,1-2H3. The summed E-state index contributed by atoms with van der Waals surface area (Å²) in [7, 11) is 4.43. The normalized spacial score (nSPS) is 39.2. The van der Waals surface area contributed by atoms with Gasteiger partial charge in [-0.1, -0.05) is 32.1 Å². The predicted molar refractivity (Wildman–Crippen MR) is 105 cm³/mol. The average molecular weight is 347 g/mol. The molecule has 0 aromatic heterocycles. The summed E-state index contributed by atoms with van der Waals surface area (Å²) >= 11 is 0. The van der Waals surface area contributed by atoms with E-state index < -0.39 is 0 Å². The van der Waals surface area contributed by atoms with Crippen LogP contribution in [0.1, 0.15) is 77.0 Å². The number of piperidine rings is 1. The van der Waals surface area contributed by atoms with Crippen LogP contribution in [0.2, 0.25) is 0 Å². The van der Waals surface area contributed by atoms with E-state index in [4.69, 9.17) is 4.99 Å². The molecule has 25 heavy (non-hydrogen) atoms. The van der Waals surface area contributed by atoms with Gasteiger partial charge in [-0.3, -0.25) is 15.2 Å². The minimum absolute atomic E-state index is 0.498. The molecule has 4 heteroatoms. The maximum Gasteiger partial charge on any atom is 0.0995 e. The van der Waals surface area contributed by atoms with Gasteiger partial charge in [-0.25, -0.2) is 0 Å². The quantitative estimate of drug-likeness (QED) is 0.847. The molecule has 2 saturated heterocycles. The van der Waals surface area contributed by atoms with Gasteiger partial charge in [-0.15, -0.1) is 0 Å². The smallest absolute Gasteiger partial charge is 0.0995 e. The lowest BCUT2D eigenvalue weighted by Crippen LogP contribution is -2.59. The Morgan fingerprint density at radius 2 is 1.72 bits per heavy atom. The fourth-order valence-corrected chi connectivity index (χ4v) is 5.85. The number of aliphatic imine (C=N–C) groups is 1. The number of nitrogens with one attached hydrogen (secondary N) is 1. The van der Waals surface area contributed by atoms with E-state index in [0.29, 0.717) is 18.2 Å². The Bertz CT molecular complexity index is 469. The van der Waals surface area contributed by atoms with Crippen LogP contribution in [0.5, 0.6) is 0 Å². The zero-order chi connectivity index (χ0) is 17.2. The first-order valence-electron chi connectivity index (χ1n) is 11.0. The Kier molecular flexibility index (Phi) is 5.66. The number of amidine groups is 1. The monoisotopic (exact) mass is 346 g/mol. The van der Waals surface area contributed by atoms with Gasteiger partial charge >= 0.3 is 0 Å². The molecule has 2 heterocycles. The fourth-order valence-electron chi connectivity index (χ4n) is 5.85. The Morgan fingerprint density at radius 3 is 2.52 bits per heavy atom. The lowest BCUT2D eigenvalue weighted by Gasteiger charge is -2.46. The van der Waals surface area contributed by atoms with Crippen molar-refractivity contribution in [3.8, 4) is 0 Å². The molecular weight excluding hydrogens is 308 g/mol. The molecule has 4 aliphatic rings. The van der Waals surface area contributed by atoms with E-state index in [0.717, 1.165) is 12.0 Å². The third-order valence-corrected chi connectivity index (χ3v) is 7.27. The molecule has 4 unspecified atom stereocenters. The number of hydrogen-bond donors (Lipinski definition) is 1. The second kappa shape index (κ2) is 7.96. The summed E-state index contributed by atoms with van der Waals surface area (Å²) in [6, 6.07) is 2.02. The van der Waals surface area contributed by atoms with Crippen molar-refractivity contribution in [2.45, 2.75) is 101 Å². The van der Waals surface area contributed by atoms with Gasteiger partial charge in [0.2, 0.25) is 0 Å². The minimum atomic E-state index is 0.498. The summed E-state index contributed by atoms with van der Waals surface area (Å²) in [5.41, 5.74) is 0. The number of hydrogen-bond acceptors (Lipinski definition) is 3. The average Bonchev–Trinajstić information content (AvgIpc) is 3.10. The Balaban J connectivity index is 1.52. The number of fused-ring (bicyclic) bond motifs is 1. The first kappa shape index (κ1) is 17.8. The van der Waals surface area contributed by atoms with Crippen LogP contribution in [-0.2, 0) is 0 Å². The van der Waals surface area contributed by atoms with Crippen LogP contribution in [-0.4, -0.2) is 60.6 Å². The molecule has 0 amide bonds. The van der Waals surface area contributed by atoms with Gasteiger partial charge in [0.15, 0.2) is 0 Å². The molecule has 0 spiro atoms. The summed E-state index contributed by atoms with van der Waals surface area (Å²) < 4.78 is 0. The Morgan fingerprint density at radius 1 is 0.960 bits per heavy atom. The SMILES string of the molecule is CN(C)C1CC(N=C2CCCN2C2CCCCC2)C2CCCCC2N1. The van der Waals surface area contributed by atoms with Crippen molar-refractivity contribution in [1.82, 2.24) is 15.1 Å². The largest absolute Gasteiger partial charge is 0.357 e. The maximum absolute atomic E-state index is 5.48. The molecule has 2 saturated carbocycles. The maximum atomic E-state index is 5.48. The third kappa shape index (κ3) is 3.90. The summed E-state index contributed by atoms with van der Waals surface area (Å²) in [5, 5.41) is 3.93. The van der Waals surface area contributed by atoms with E-state index >= 15 is 0 Å². The summed E-state index contributed by atoms with van der Waals surface area (Å²) in [6.07, 6.45) is 16.9. The van der Waals surface area contributed by atoms with Crippen LogP contribution < -0.4 is 5.32 Å². The minimum Gasteiger partial charge on any atom is -0.357 e. The van der Waals surface area contributed by atoms with E-state index in [1.165, 1.54) is 89.4 Å². The van der Waals surface area contributed by atoms with E-state index in [1.807, 2.05) is 0 Å². The molecule has 4 atom stereocenters. The molecule has 4 fully saturated rings. The molecule has 0 aromatic carbocycles. The number of nitrogens with zero attached hydrogens (tertiary/aromatic N) is 3. The van der Waals surface area contributed by atoms with E-state index in [1.54, 1.807) is 0 Å².